The number of nitrogens with zero attached hydrogens (tertiary/aromatic N) is 1. The maximum Gasteiger partial charge on any atom is 0.337 e. The van der Waals surface area contributed by atoms with Crippen LogP contribution in [0.15, 0.2) is 54.6 Å². The summed E-state index contributed by atoms with van der Waals surface area (Å²) in [6.07, 6.45) is 0. The van der Waals surface area contributed by atoms with Gasteiger partial charge in [0.1, 0.15) is 7.05 Å². The molecule has 0 fully saturated rings. The number of rotatable bonds is 3. The van der Waals surface area contributed by atoms with Crippen molar-refractivity contribution >= 4 is 33.7 Å². The number of aromatic nitrogens is 1. The van der Waals surface area contributed by atoms with Crippen LogP contribution in [0.3, 0.4) is 0 Å². The van der Waals surface area contributed by atoms with Crippen LogP contribution in [0.1, 0.15) is 31.8 Å². The minimum Gasteiger partial charge on any atom is -0.478 e. The van der Waals surface area contributed by atoms with Gasteiger partial charge in [-0.2, -0.15) is 4.57 Å². The lowest BCUT2D eigenvalue weighted by Crippen LogP contribution is -2.31. The zero-order valence-electron chi connectivity index (χ0n) is 16.4. The molecule has 144 valence electrons. The molecule has 1 aromatic heterocycles. The molecule has 5 heteroatoms. The summed E-state index contributed by atoms with van der Waals surface area (Å²) in [6.45, 7) is 3.71. The van der Waals surface area contributed by atoms with Gasteiger partial charge in [-0.25, -0.2) is 9.59 Å². The fraction of sp³-hybridized carbons (Fsp3) is 0.125. The van der Waals surface area contributed by atoms with E-state index in [4.69, 9.17) is 0 Å². The number of fused-ring (bicyclic) bond motifs is 2. The van der Waals surface area contributed by atoms with E-state index in [2.05, 4.69) is 0 Å². The van der Waals surface area contributed by atoms with Gasteiger partial charge in [0.2, 0.25) is 11.0 Å². The number of pyridine rings is 1. The lowest BCUT2D eigenvalue weighted by Gasteiger charge is -2.15. The first kappa shape index (κ1) is 18.6. The number of hydrogen-bond donors (Lipinski definition) is 2. The molecule has 0 saturated carbocycles. The standard InChI is InChI=1S/C24H19NO4/c1-13-11-15(23(26)27)12-14(2)20(13)17-8-6-10-19-21(17)22(24(28)29)16-7-4-5-9-18(16)25(19)3/h4-12H,1-3H3,(H-,26,27,28,29)/p+1. The van der Waals surface area contributed by atoms with Crippen LogP contribution < -0.4 is 4.57 Å². The molecule has 0 amide bonds. The average molecular weight is 386 g/mol. The van der Waals surface area contributed by atoms with Gasteiger partial charge in [-0.15, -0.1) is 0 Å². The Morgan fingerprint density at radius 2 is 1.45 bits per heavy atom. The number of benzene rings is 3. The summed E-state index contributed by atoms with van der Waals surface area (Å²) >= 11 is 0. The van der Waals surface area contributed by atoms with Crippen LogP contribution in [0.4, 0.5) is 0 Å². The van der Waals surface area contributed by atoms with Crippen molar-refractivity contribution in [3.8, 4) is 11.1 Å². The third-order valence-electron chi connectivity index (χ3n) is 5.45. The van der Waals surface area contributed by atoms with Gasteiger partial charge >= 0.3 is 11.9 Å². The zero-order chi connectivity index (χ0) is 20.9. The highest BCUT2D eigenvalue weighted by Gasteiger charge is 2.25. The third-order valence-corrected chi connectivity index (χ3v) is 5.45. The summed E-state index contributed by atoms with van der Waals surface area (Å²) in [5, 5.41) is 20.8. The SMILES string of the molecule is Cc1cc(C(=O)O)cc(C)c1-c1cccc2c1c(C(=O)O)c1ccccc1[n+]2C. The van der Waals surface area contributed by atoms with Crippen molar-refractivity contribution in [2.75, 3.05) is 0 Å². The van der Waals surface area contributed by atoms with E-state index in [1.54, 1.807) is 12.1 Å². The molecule has 0 unspecified atom stereocenters. The number of carboxylic acids is 2. The summed E-state index contributed by atoms with van der Waals surface area (Å²) in [5.41, 5.74) is 5.35. The van der Waals surface area contributed by atoms with E-state index >= 15 is 0 Å². The molecule has 4 rings (SSSR count). The molecule has 5 nitrogen and oxygen atoms in total. The minimum atomic E-state index is -0.989. The molecule has 0 atom stereocenters. The molecule has 0 saturated heterocycles. The molecule has 0 aliphatic heterocycles. The predicted molar refractivity (Wildman–Crippen MR) is 111 cm³/mol. The zero-order valence-corrected chi connectivity index (χ0v) is 16.4. The van der Waals surface area contributed by atoms with Crippen molar-refractivity contribution in [1.82, 2.24) is 0 Å². The Kier molecular flexibility index (Phi) is 4.31. The van der Waals surface area contributed by atoms with Crippen LogP contribution in [0, 0.1) is 13.8 Å². The minimum absolute atomic E-state index is 0.221. The first-order valence-electron chi connectivity index (χ1n) is 9.23. The summed E-state index contributed by atoms with van der Waals surface area (Å²) in [4.78, 5) is 23.8. The highest BCUT2D eigenvalue weighted by molar-refractivity contribution is 6.16. The van der Waals surface area contributed by atoms with Crippen molar-refractivity contribution in [2.24, 2.45) is 7.05 Å². The van der Waals surface area contributed by atoms with Crippen molar-refractivity contribution in [1.29, 1.82) is 0 Å². The highest BCUT2D eigenvalue weighted by atomic mass is 16.4. The molecule has 0 aliphatic carbocycles. The molecule has 3 aromatic carbocycles. The second-order valence-corrected chi connectivity index (χ2v) is 7.25. The molecular formula is C24H20NO4+. The van der Waals surface area contributed by atoms with E-state index < -0.39 is 11.9 Å². The predicted octanol–water partition coefficient (Wildman–Crippen LogP) is 4.50. The quantitative estimate of drug-likeness (QED) is 0.401. The molecule has 0 bridgehead atoms. The highest BCUT2D eigenvalue weighted by Crippen LogP contribution is 2.37. The van der Waals surface area contributed by atoms with Gasteiger partial charge in [0.05, 0.1) is 21.9 Å². The lowest BCUT2D eigenvalue weighted by atomic mass is 9.88. The first-order chi connectivity index (χ1) is 13.8. The number of para-hydroxylation sites is 1. The van der Waals surface area contributed by atoms with E-state index in [0.717, 1.165) is 33.3 Å². The maximum absolute atomic E-state index is 12.4. The third kappa shape index (κ3) is 2.83. The summed E-state index contributed by atoms with van der Waals surface area (Å²) < 4.78 is 2.00. The van der Waals surface area contributed by atoms with Crippen molar-refractivity contribution < 1.29 is 24.4 Å². The topological polar surface area (TPSA) is 78.5 Å². The van der Waals surface area contributed by atoms with E-state index in [9.17, 15) is 19.8 Å². The van der Waals surface area contributed by atoms with Crippen LogP contribution in [-0.4, -0.2) is 22.2 Å². The Labute approximate surface area is 167 Å². The van der Waals surface area contributed by atoms with Gasteiger partial charge in [-0.3, -0.25) is 0 Å². The van der Waals surface area contributed by atoms with Gasteiger partial charge in [0.15, 0.2) is 0 Å². The summed E-state index contributed by atoms with van der Waals surface area (Å²) in [6, 6.07) is 16.4. The van der Waals surface area contributed by atoms with Gasteiger partial charge in [0, 0.05) is 12.1 Å². The monoisotopic (exact) mass is 386 g/mol. The Morgan fingerprint density at radius 3 is 2.07 bits per heavy atom. The van der Waals surface area contributed by atoms with Gasteiger partial charge in [-0.05, 0) is 54.3 Å². The number of carbonyl (C=O) groups is 2. The lowest BCUT2D eigenvalue weighted by molar-refractivity contribution is -0.617. The van der Waals surface area contributed by atoms with Crippen LogP contribution in [0.5, 0.6) is 0 Å². The Bertz CT molecular complexity index is 1320. The first-order valence-corrected chi connectivity index (χ1v) is 9.23. The smallest absolute Gasteiger partial charge is 0.337 e. The van der Waals surface area contributed by atoms with Crippen molar-refractivity contribution in [3.63, 3.8) is 0 Å². The number of aromatic carboxylic acids is 2. The molecule has 29 heavy (non-hydrogen) atoms. The molecule has 4 aromatic rings. The molecule has 0 radical (unpaired) electrons. The second kappa shape index (κ2) is 6.71. The van der Waals surface area contributed by atoms with Crippen molar-refractivity contribution in [2.45, 2.75) is 13.8 Å². The van der Waals surface area contributed by atoms with Crippen LogP contribution in [-0.2, 0) is 7.05 Å². The van der Waals surface area contributed by atoms with E-state index in [1.165, 1.54) is 0 Å². The fourth-order valence-electron chi connectivity index (χ4n) is 4.27. The molecule has 0 aliphatic rings. The average Bonchev–Trinajstić information content (AvgIpc) is 2.67. The Morgan fingerprint density at radius 1 is 0.828 bits per heavy atom. The normalized spacial score (nSPS) is 11.1. The van der Waals surface area contributed by atoms with Crippen LogP contribution in [0.2, 0.25) is 0 Å². The van der Waals surface area contributed by atoms with E-state index in [-0.39, 0.29) is 11.1 Å². The number of hydrogen-bond acceptors (Lipinski definition) is 2. The largest absolute Gasteiger partial charge is 0.478 e. The maximum atomic E-state index is 12.4. The number of aryl methyl sites for hydroxylation is 3. The van der Waals surface area contributed by atoms with Gasteiger partial charge < -0.3 is 10.2 Å². The molecule has 0 spiro atoms. The fourth-order valence-corrected chi connectivity index (χ4v) is 4.27. The Hall–Kier alpha value is -3.73. The van der Waals surface area contributed by atoms with E-state index in [1.807, 2.05) is 67.9 Å². The summed E-state index contributed by atoms with van der Waals surface area (Å²) in [5.74, 6) is -1.97. The van der Waals surface area contributed by atoms with Gasteiger partial charge in [-0.1, -0.05) is 24.3 Å². The Balaban J connectivity index is 2.22. The molecule has 2 N–H and O–H groups in total. The molecular weight excluding hydrogens is 366 g/mol. The van der Waals surface area contributed by atoms with E-state index in [0.29, 0.717) is 10.8 Å². The molecule has 1 heterocycles. The summed E-state index contributed by atoms with van der Waals surface area (Å²) in [7, 11) is 1.92. The van der Waals surface area contributed by atoms with Crippen LogP contribution in [0.25, 0.3) is 32.9 Å². The van der Waals surface area contributed by atoms with Crippen molar-refractivity contribution in [3.05, 3.63) is 76.9 Å². The van der Waals surface area contributed by atoms with Crippen LogP contribution >= 0.6 is 0 Å². The second-order valence-electron chi connectivity index (χ2n) is 7.25. The van der Waals surface area contributed by atoms with Gasteiger partial charge in [0.25, 0.3) is 0 Å². The number of carboxylic acid groups (broad SMARTS) is 2.